The number of hydrogen-bond acceptors (Lipinski definition) is 3. The van der Waals surface area contributed by atoms with Gasteiger partial charge in [-0.05, 0) is 42.6 Å². The minimum Gasteiger partial charge on any atom is -0.465 e. The van der Waals surface area contributed by atoms with Crippen molar-refractivity contribution in [1.82, 2.24) is 0 Å². The average Bonchev–Trinajstić information content (AvgIpc) is 2.87. The van der Waals surface area contributed by atoms with E-state index in [2.05, 4.69) is 13.5 Å². The minimum atomic E-state index is -0.431. The summed E-state index contributed by atoms with van der Waals surface area (Å²) in [6.07, 6.45) is 4.38. The zero-order chi connectivity index (χ0) is 12.8. The summed E-state index contributed by atoms with van der Waals surface area (Å²) in [5.41, 5.74) is 0.482. The molecule has 1 N–H and O–H groups in total. The lowest BCUT2D eigenvalue weighted by Gasteiger charge is -2.42. The smallest absolute Gasteiger partial charge is 0.313 e. The van der Waals surface area contributed by atoms with Crippen LogP contribution >= 0.6 is 0 Å². The standard InChI is InChI=1S/C15H20O3/c1-9-10-6-13(2,7-11(9)16)15-5-3-4-14(10,15)8-18-12(15)17/h10-11,16H,1,3-8H2,2H3/t10-,11-,13+,14+,15-/m0/s1. The van der Waals surface area contributed by atoms with E-state index in [4.69, 9.17) is 4.74 Å². The highest BCUT2D eigenvalue weighted by atomic mass is 16.5. The maximum absolute atomic E-state index is 12.5. The maximum atomic E-state index is 12.5. The largest absolute Gasteiger partial charge is 0.465 e. The molecule has 3 aliphatic carbocycles. The highest BCUT2D eigenvalue weighted by molar-refractivity contribution is 5.83. The highest BCUT2D eigenvalue weighted by Gasteiger charge is 2.80. The van der Waals surface area contributed by atoms with Crippen LogP contribution in [0.3, 0.4) is 0 Å². The summed E-state index contributed by atoms with van der Waals surface area (Å²) >= 11 is 0. The summed E-state index contributed by atoms with van der Waals surface area (Å²) < 4.78 is 5.49. The van der Waals surface area contributed by atoms with Crippen LogP contribution in [-0.2, 0) is 9.53 Å². The molecule has 3 saturated carbocycles. The van der Waals surface area contributed by atoms with Gasteiger partial charge in [-0.1, -0.05) is 19.9 Å². The number of esters is 1. The van der Waals surface area contributed by atoms with Gasteiger partial charge >= 0.3 is 5.97 Å². The van der Waals surface area contributed by atoms with E-state index in [0.29, 0.717) is 13.0 Å². The molecule has 5 atom stereocenters. The maximum Gasteiger partial charge on any atom is 0.313 e. The first-order valence-corrected chi connectivity index (χ1v) is 7.01. The molecule has 1 aliphatic heterocycles. The third kappa shape index (κ3) is 0.814. The molecular formula is C15H20O3. The molecule has 18 heavy (non-hydrogen) atoms. The van der Waals surface area contributed by atoms with Crippen LogP contribution < -0.4 is 0 Å². The normalized spacial score (nSPS) is 57.4. The van der Waals surface area contributed by atoms with E-state index in [-0.39, 0.29) is 28.1 Å². The molecule has 0 aromatic heterocycles. The van der Waals surface area contributed by atoms with Crippen molar-refractivity contribution in [2.24, 2.45) is 22.2 Å². The molecule has 0 radical (unpaired) electrons. The summed E-state index contributed by atoms with van der Waals surface area (Å²) in [5.74, 6) is 0.284. The van der Waals surface area contributed by atoms with Gasteiger partial charge < -0.3 is 9.84 Å². The van der Waals surface area contributed by atoms with Crippen molar-refractivity contribution in [2.45, 2.75) is 45.1 Å². The quantitative estimate of drug-likeness (QED) is 0.527. The van der Waals surface area contributed by atoms with Crippen LogP contribution in [0.25, 0.3) is 0 Å². The Balaban J connectivity index is 1.98. The van der Waals surface area contributed by atoms with E-state index < -0.39 is 6.10 Å². The van der Waals surface area contributed by atoms with Gasteiger partial charge in [0.1, 0.15) is 0 Å². The summed E-state index contributed by atoms with van der Waals surface area (Å²) in [6.45, 7) is 6.87. The molecule has 4 aliphatic rings. The zero-order valence-electron chi connectivity index (χ0n) is 10.9. The van der Waals surface area contributed by atoms with Crippen LogP contribution in [0.5, 0.6) is 0 Å². The first-order chi connectivity index (χ1) is 8.47. The van der Waals surface area contributed by atoms with E-state index in [1.807, 2.05) is 0 Å². The third-order valence-electron chi connectivity index (χ3n) is 6.71. The van der Waals surface area contributed by atoms with Crippen molar-refractivity contribution in [3.63, 3.8) is 0 Å². The predicted octanol–water partition coefficient (Wildman–Crippen LogP) is 2.05. The lowest BCUT2D eigenvalue weighted by molar-refractivity contribution is -0.153. The molecule has 3 heteroatoms. The lowest BCUT2D eigenvalue weighted by atomic mass is 9.58. The van der Waals surface area contributed by atoms with E-state index >= 15 is 0 Å². The summed E-state index contributed by atoms with van der Waals surface area (Å²) in [7, 11) is 0. The van der Waals surface area contributed by atoms with Crippen molar-refractivity contribution >= 4 is 5.97 Å². The molecule has 4 rings (SSSR count). The van der Waals surface area contributed by atoms with Crippen LogP contribution in [0.1, 0.15) is 39.0 Å². The molecule has 1 heterocycles. The number of cyclic esters (lactones) is 1. The lowest BCUT2D eigenvalue weighted by Crippen LogP contribution is -2.45. The molecule has 2 bridgehead atoms. The van der Waals surface area contributed by atoms with E-state index in [0.717, 1.165) is 31.3 Å². The molecule has 0 aromatic carbocycles. The number of aliphatic hydroxyl groups is 1. The number of fused-ring (bicyclic) bond motifs is 2. The third-order valence-corrected chi connectivity index (χ3v) is 6.71. The fraction of sp³-hybridized carbons (Fsp3) is 0.800. The number of aliphatic hydroxyl groups excluding tert-OH is 1. The van der Waals surface area contributed by atoms with Crippen LogP contribution in [0, 0.1) is 22.2 Å². The topological polar surface area (TPSA) is 46.5 Å². The van der Waals surface area contributed by atoms with Crippen LogP contribution in [0.2, 0.25) is 0 Å². The fourth-order valence-electron chi connectivity index (χ4n) is 6.02. The van der Waals surface area contributed by atoms with E-state index in [1.54, 1.807) is 0 Å². The highest BCUT2D eigenvalue weighted by Crippen LogP contribution is 2.79. The summed E-state index contributed by atoms with van der Waals surface area (Å²) in [6, 6.07) is 0. The second kappa shape index (κ2) is 2.84. The van der Waals surface area contributed by atoms with Gasteiger partial charge in [0, 0.05) is 5.41 Å². The number of rotatable bonds is 0. The first kappa shape index (κ1) is 11.0. The predicted molar refractivity (Wildman–Crippen MR) is 65.7 cm³/mol. The van der Waals surface area contributed by atoms with Gasteiger partial charge in [0.25, 0.3) is 0 Å². The van der Waals surface area contributed by atoms with Gasteiger partial charge in [0.05, 0.1) is 18.1 Å². The molecule has 0 unspecified atom stereocenters. The molecule has 3 nitrogen and oxygen atoms in total. The van der Waals surface area contributed by atoms with Gasteiger partial charge in [-0.3, -0.25) is 4.79 Å². The Morgan fingerprint density at radius 1 is 1.39 bits per heavy atom. The number of ether oxygens (including phenoxy) is 1. The fourth-order valence-corrected chi connectivity index (χ4v) is 6.02. The van der Waals surface area contributed by atoms with Crippen molar-refractivity contribution in [2.75, 3.05) is 6.61 Å². The Kier molecular flexibility index (Phi) is 1.74. The Bertz CT molecular complexity index is 470. The average molecular weight is 248 g/mol. The first-order valence-electron chi connectivity index (χ1n) is 7.01. The van der Waals surface area contributed by atoms with Gasteiger partial charge in [-0.2, -0.15) is 0 Å². The SMILES string of the molecule is C=C1[C@@H](O)C[C@@]2(C)C[C@@H]1[C@]13CCC[C@]21C(=O)OC3. The Morgan fingerprint density at radius 3 is 2.94 bits per heavy atom. The Morgan fingerprint density at radius 2 is 2.17 bits per heavy atom. The van der Waals surface area contributed by atoms with Crippen LogP contribution in [0.4, 0.5) is 0 Å². The van der Waals surface area contributed by atoms with Gasteiger partial charge in [0.2, 0.25) is 0 Å². The number of carbonyl (C=O) groups is 1. The molecule has 4 fully saturated rings. The molecule has 0 aromatic rings. The number of hydrogen-bond donors (Lipinski definition) is 1. The van der Waals surface area contributed by atoms with Crippen molar-refractivity contribution < 1.29 is 14.6 Å². The van der Waals surface area contributed by atoms with Gasteiger partial charge in [-0.25, -0.2) is 0 Å². The van der Waals surface area contributed by atoms with Gasteiger partial charge in [0.15, 0.2) is 0 Å². The van der Waals surface area contributed by atoms with Crippen LogP contribution in [-0.4, -0.2) is 23.8 Å². The second-order valence-electron chi connectivity index (χ2n) is 7.10. The molecular weight excluding hydrogens is 228 g/mol. The van der Waals surface area contributed by atoms with Crippen LogP contribution in [0.15, 0.2) is 12.2 Å². The van der Waals surface area contributed by atoms with Crippen molar-refractivity contribution in [1.29, 1.82) is 0 Å². The van der Waals surface area contributed by atoms with Crippen molar-refractivity contribution in [3.8, 4) is 0 Å². The molecule has 1 saturated heterocycles. The Labute approximate surface area is 107 Å². The molecule has 98 valence electrons. The Hall–Kier alpha value is -0.830. The molecule has 0 spiro atoms. The molecule has 0 amide bonds. The van der Waals surface area contributed by atoms with E-state index in [9.17, 15) is 9.90 Å². The summed E-state index contributed by atoms with van der Waals surface area (Å²) in [5, 5.41) is 10.3. The number of carbonyl (C=O) groups excluding carboxylic acids is 1. The second-order valence-corrected chi connectivity index (χ2v) is 7.10. The van der Waals surface area contributed by atoms with Gasteiger partial charge in [-0.15, -0.1) is 0 Å². The monoisotopic (exact) mass is 248 g/mol. The van der Waals surface area contributed by atoms with Crippen molar-refractivity contribution in [3.05, 3.63) is 12.2 Å². The summed E-state index contributed by atoms with van der Waals surface area (Å²) in [4.78, 5) is 12.5. The zero-order valence-corrected chi connectivity index (χ0v) is 10.9. The minimum absolute atomic E-state index is 0.00639. The van der Waals surface area contributed by atoms with E-state index in [1.165, 1.54) is 0 Å².